The number of aryl methyl sites for hydroxylation is 1. The van der Waals surface area contributed by atoms with E-state index in [2.05, 4.69) is 33.2 Å². The van der Waals surface area contributed by atoms with E-state index >= 15 is 0 Å². The minimum atomic E-state index is -0.0444. The van der Waals surface area contributed by atoms with Gasteiger partial charge in [0.15, 0.2) is 0 Å². The number of nitrogens with one attached hydrogen (secondary N) is 1. The molecule has 1 aromatic heterocycles. The molecule has 1 aliphatic rings. The third-order valence-corrected chi connectivity index (χ3v) is 4.03. The van der Waals surface area contributed by atoms with Gasteiger partial charge >= 0.3 is 6.03 Å². The van der Waals surface area contributed by atoms with E-state index in [0.29, 0.717) is 13.1 Å². The Kier molecular flexibility index (Phi) is 4.71. The molecule has 6 nitrogen and oxygen atoms in total. The fraction of sp³-hybridized carbons (Fsp3) is 0.353. The summed E-state index contributed by atoms with van der Waals surface area (Å²) in [5.41, 5.74) is 2.07. The molecule has 23 heavy (non-hydrogen) atoms. The summed E-state index contributed by atoms with van der Waals surface area (Å²) < 4.78 is 0. The van der Waals surface area contributed by atoms with E-state index in [1.165, 1.54) is 5.56 Å². The van der Waals surface area contributed by atoms with Crippen LogP contribution in [0.5, 0.6) is 0 Å². The van der Waals surface area contributed by atoms with Gasteiger partial charge in [0, 0.05) is 44.3 Å². The molecule has 0 radical (unpaired) electrons. The van der Waals surface area contributed by atoms with Crippen molar-refractivity contribution < 1.29 is 4.79 Å². The largest absolute Gasteiger partial charge is 0.352 e. The molecular formula is C17H21N5O. The molecule has 0 saturated carbocycles. The first-order valence-corrected chi connectivity index (χ1v) is 7.92. The van der Waals surface area contributed by atoms with Crippen LogP contribution in [0, 0.1) is 0 Å². The zero-order valence-electron chi connectivity index (χ0n) is 13.3. The van der Waals surface area contributed by atoms with Crippen LogP contribution in [0.3, 0.4) is 0 Å². The first kappa shape index (κ1) is 15.3. The van der Waals surface area contributed by atoms with Gasteiger partial charge in [-0.1, -0.05) is 19.1 Å². The molecule has 6 heteroatoms. The van der Waals surface area contributed by atoms with E-state index in [-0.39, 0.29) is 6.03 Å². The van der Waals surface area contributed by atoms with Gasteiger partial charge in [-0.05, 0) is 24.1 Å². The van der Waals surface area contributed by atoms with E-state index in [0.717, 1.165) is 31.0 Å². The number of anilines is 2. The number of amides is 2. The van der Waals surface area contributed by atoms with E-state index < -0.39 is 0 Å². The van der Waals surface area contributed by atoms with Crippen LogP contribution >= 0.6 is 0 Å². The molecule has 1 N–H and O–H groups in total. The summed E-state index contributed by atoms with van der Waals surface area (Å²) >= 11 is 0. The maximum absolute atomic E-state index is 12.4. The molecule has 2 amide bonds. The Balaban J connectivity index is 1.56. The summed E-state index contributed by atoms with van der Waals surface area (Å²) in [6.45, 7) is 4.99. The second-order valence-electron chi connectivity index (χ2n) is 5.52. The van der Waals surface area contributed by atoms with Gasteiger partial charge in [-0.2, -0.15) is 0 Å². The molecule has 0 bridgehead atoms. The first-order chi connectivity index (χ1) is 11.3. The van der Waals surface area contributed by atoms with Crippen molar-refractivity contribution in [1.29, 1.82) is 0 Å². The van der Waals surface area contributed by atoms with E-state index in [4.69, 9.17) is 0 Å². The Morgan fingerprint density at radius 1 is 1.22 bits per heavy atom. The minimum Gasteiger partial charge on any atom is -0.352 e. The lowest BCUT2D eigenvalue weighted by molar-refractivity contribution is 0.208. The number of hydrogen-bond acceptors (Lipinski definition) is 4. The maximum Gasteiger partial charge on any atom is 0.321 e. The quantitative estimate of drug-likeness (QED) is 0.945. The van der Waals surface area contributed by atoms with Crippen LogP contribution in [0.25, 0.3) is 0 Å². The smallest absolute Gasteiger partial charge is 0.321 e. The third-order valence-electron chi connectivity index (χ3n) is 4.03. The molecule has 120 valence electrons. The van der Waals surface area contributed by atoms with E-state index in [9.17, 15) is 4.79 Å². The molecule has 2 aromatic rings. The summed E-state index contributed by atoms with van der Waals surface area (Å²) in [4.78, 5) is 24.8. The Labute approximate surface area is 136 Å². The number of nitrogens with zero attached hydrogens (tertiary/aromatic N) is 4. The van der Waals surface area contributed by atoms with Gasteiger partial charge in [-0.15, -0.1) is 0 Å². The molecule has 0 spiro atoms. The van der Waals surface area contributed by atoms with Crippen LogP contribution in [0.4, 0.5) is 16.3 Å². The van der Waals surface area contributed by atoms with Crippen molar-refractivity contribution in [3.05, 3.63) is 48.4 Å². The number of piperazine rings is 1. The lowest BCUT2D eigenvalue weighted by Gasteiger charge is -2.35. The molecule has 1 aliphatic heterocycles. The summed E-state index contributed by atoms with van der Waals surface area (Å²) in [6.07, 6.45) is 6.07. The predicted molar refractivity (Wildman–Crippen MR) is 90.7 cm³/mol. The zero-order valence-corrected chi connectivity index (χ0v) is 13.3. The third kappa shape index (κ3) is 3.77. The van der Waals surface area contributed by atoms with Crippen molar-refractivity contribution in [2.24, 2.45) is 0 Å². The van der Waals surface area contributed by atoms with Crippen LogP contribution in [0.1, 0.15) is 12.5 Å². The Hall–Kier alpha value is -2.63. The lowest BCUT2D eigenvalue weighted by Crippen LogP contribution is -2.50. The van der Waals surface area contributed by atoms with Crippen LogP contribution in [-0.4, -0.2) is 47.1 Å². The van der Waals surface area contributed by atoms with Gasteiger partial charge < -0.3 is 15.1 Å². The molecule has 1 saturated heterocycles. The Morgan fingerprint density at radius 3 is 2.74 bits per heavy atom. The highest BCUT2D eigenvalue weighted by atomic mass is 16.2. The molecule has 1 fully saturated rings. The molecular weight excluding hydrogens is 290 g/mol. The van der Waals surface area contributed by atoms with Crippen molar-refractivity contribution in [2.75, 3.05) is 36.4 Å². The number of carbonyl (C=O) groups is 1. The number of benzene rings is 1. The van der Waals surface area contributed by atoms with E-state index in [1.807, 2.05) is 23.1 Å². The van der Waals surface area contributed by atoms with Crippen LogP contribution in [0.2, 0.25) is 0 Å². The van der Waals surface area contributed by atoms with Gasteiger partial charge in [0.05, 0.1) is 6.20 Å². The number of aromatic nitrogens is 2. The predicted octanol–water partition coefficient (Wildman–Crippen LogP) is 2.39. The number of hydrogen-bond donors (Lipinski definition) is 1. The molecule has 3 rings (SSSR count). The van der Waals surface area contributed by atoms with Crippen LogP contribution < -0.4 is 10.2 Å². The summed E-state index contributed by atoms with van der Waals surface area (Å²) in [6, 6.07) is 7.94. The van der Waals surface area contributed by atoms with Crippen LogP contribution in [0.15, 0.2) is 42.9 Å². The molecule has 0 aliphatic carbocycles. The van der Waals surface area contributed by atoms with Gasteiger partial charge in [0.2, 0.25) is 0 Å². The van der Waals surface area contributed by atoms with Crippen LogP contribution in [-0.2, 0) is 6.42 Å². The summed E-state index contributed by atoms with van der Waals surface area (Å²) in [5.74, 6) is 0.864. The zero-order chi connectivity index (χ0) is 16.1. The van der Waals surface area contributed by atoms with E-state index in [1.54, 1.807) is 18.6 Å². The number of rotatable bonds is 3. The number of carbonyl (C=O) groups excluding carboxylic acids is 1. The van der Waals surface area contributed by atoms with Crippen molar-refractivity contribution in [3.63, 3.8) is 0 Å². The summed E-state index contributed by atoms with van der Waals surface area (Å²) in [5, 5.41) is 2.98. The van der Waals surface area contributed by atoms with Crippen molar-refractivity contribution >= 4 is 17.5 Å². The highest BCUT2D eigenvalue weighted by Gasteiger charge is 2.21. The van der Waals surface area contributed by atoms with Gasteiger partial charge in [-0.25, -0.2) is 9.78 Å². The van der Waals surface area contributed by atoms with Gasteiger partial charge in [-0.3, -0.25) is 4.98 Å². The lowest BCUT2D eigenvalue weighted by atomic mass is 10.1. The Morgan fingerprint density at radius 2 is 2.04 bits per heavy atom. The highest BCUT2D eigenvalue weighted by molar-refractivity contribution is 5.89. The molecule has 2 heterocycles. The highest BCUT2D eigenvalue weighted by Crippen LogP contribution is 2.14. The SMILES string of the molecule is CCc1cccc(NC(=O)N2CCN(c3cnccn3)CC2)c1. The summed E-state index contributed by atoms with van der Waals surface area (Å²) in [7, 11) is 0. The minimum absolute atomic E-state index is 0.0444. The van der Waals surface area contributed by atoms with Gasteiger partial charge in [0.25, 0.3) is 0 Å². The monoisotopic (exact) mass is 311 g/mol. The molecule has 1 aromatic carbocycles. The fourth-order valence-electron chi connectivity index (χ4n) is 2.66. The topological polar surface area (TPSA) is 61.4 Å². The molecule has 0 unspecified atom stereocenters. The second kappa shape index (κ2) is 7.09. The average molecular weight is 311 g/mol. The van der Waals surface area contributed by atoms with Crippen molar-refractivity contribution in [1.82, 2.24) is 14.9 Å². The van der Waals surface area contributed by atoms with Crippen molar-refractivity contribution in [2.45, 2.75) is 13.3 Å². The Bertz CT molecular complexity index is 653. The van der Waals surface area contributed by atoms with Crippen molar-refractivity contribution in [3.8, 4) is 0 Å². The maximum atomic E-state index is 12.4. The second-order valence-corrected chi connectivity index (χ2v) is 5.52. The standard InChI is InChI=1S/C17H21N5O/c1-2-14-4-3-5-15(12-14)20-17(23)22-10-8-21(9-11-22)16-13-18-6-7-19-16/h3-7,12-13H,2,8-11H2,1H3,(H,20,23). The average Bonchev–Trinajstić information content (AvgIpc) is 2.63. The molecule has 0 atom stereocenters. The first-order valence-electron chi connectivity index (χ1n) is 7.92. The van der Waals surface area contributed by atoms with Gasteiger partial charge in [0.1, 0.15) is 5.82 Å². The fourth-order valence-corrected chi connectivity index (χ4v) is 2.66. The normalized spacial score (nSPS) is 14.7. The number of urea groups is 1.